The molecule has 0 aliphatic carbocycles. The molecular weight excluding hydrogens is 181 g/mol. The monoisotopic (exact) mass is 193 g/mol. The molecule has 3 nitrogen and oxygen atoms in total. The molecule has 14 heavy (non-hydrogen) atoms. The van der Waals surface area contributed by atoms with Crippen molar-refractivity contribution in [1.29, 1.82) is 5.26 Å². The Hall–Kier alpha value is -1.60. The average Bonchev–Trinajstić information content (AvgIpc) is 2.17. The number of hydrogen-bond donors (Lipinski definition) is 2. The molecule has 0 spiro atoms. The van der Waals surface area contributed by atoms with Gasteiger partial charge in [-0.25, -0.2) is 4.39 Å². The molecule has 0 saturated carbocycles. The minimum absolute atomic E-state index is 0.331. The first-order valence-electron chi connectivity index (χ1n) is 4.35. The van der Waals surface area contributed by atoms with E-state index in [1.54, 1.807) is 6.07 Å². The molecule has 0 radical (unpaired) electrons. The third-order valence-electron chi connectivity index (χ3n) is 1.73. The van der Waals surface area contributed by atoms with E-state index < -0.39 is 5.82 Å². The summed E-state index contributed by atoms with van der Waals surface area (Å²) in [7, 11) is 1.84. The Labute approximate surface area is 82.5 Å². The van der Waals surface area contributed by atoms with Gasteiger partial charge in [0.25, 0.3) is 0 Å². The highest BCUT2D eigenvalue weighted by Gasteiger charge is 1.99. The number of rotatable bonds is 4. The van der Waals surface area contributed by atoms with Crippen molar-refractivity contribution in [2.45, 2.75) is 0 Å². The van der Waals surface area contributed by atoms with E-state index in [9.17, 15) is 4.39 Å². The summed E-state index contributed by atoms with van der Waals surface area (Å²) in [5.74, 6) is -0.393. The second-order valence-electron chi connectivity index (χ2n) is 2.87. The van der Waals surface area contributed by atoms with Gasteiger partial charge in [-0.3, -0.25) is 0 Å². The van der Waals surface area contributed by atoms with E-state index >= 15 is 0 Å². The first-order chi connectivity index (χ1) is 6.76. The molecule has 0 bridgehead atoms. The summed E-state index contributed by atoms with van der Waals surface area (Å²) >= 11 is 0. The van der Waals surface area contributed by atoms with E-state index in [0.29, 0.717) is 17.8 Å². The molecule has 74 valence electrons. The molecular formula is C10H12FN3. The third-order valence-corrected chi connectivity index (χ3v) is 1.73. The van der Waals surface area contributed by atoms with Gasteiger partial charge in [0.05, 0.1) is 11.6 Å². The van der Waals surface area contributed by atoms with Crippen molar-refractivity contribution in [3.63, 3.8) is 0 Å². The molecule has 0 aromatic heterocycles. The molecule has 0 aliphatic rings. The van der Waals surface area contributed by atoms with E-state index in [0.717, 1.165) is 6.54 Å². The molecule has 0 amide bonds. The summed E-state index contributed by atoms with van der Waals surface area (Å²) in [6.07, 6.45) is 0. The van der Waals surface area contributed by atoms with Gasteiger partial charge < -0.3 is 10.6 Å². The van der Waals surface area contributed by atoms with Crippen LogP contribution in [0.2, 0.25) is 0 Å². The Balaban J connectivity index is 2.68. The maximum Gasteiger partial charge on any atom is 0.126 e. The minimum Gasteiger partial charge on any atom is -0.384 e. The molecule has 0 heterocycles. The Morgan fingerprint density at radius 2 is 2.14 bits per heavy atom. The molecule has 0 unspecified atom stereocenters. The van der Waals surface area contributed by atoms with Gasteiger partial charge in [-0.2, -0.15) is 5.26 Å². The van der Waals surface area contributed by atoms with Gasteiger partial charge in [-0.15, -0.1) is 0 Å². The molecule has 4 heteroatoms. The van der Waals surface area contributed by atoms with E-state index in [2.05, 4.69) is 10.6 Å². The summed E-state index contributed by atoms with van der Waals surface area (Å²) in [5, 5.41) is 14.6. The fraction of sp³-hybridized carbons (Fsp3) is 0.300. The number of likely N-dealkylation sites (N-methyl/N-ethyl adjacent to an activating group) is 1. The first-order valence-corrected chi connectivity index (χ1v) is 4.35. The average molecular weight is 193 g/mol. The standard InChI is InChI=1S/C10H12FN3/c1-13-2-3-14-10-5-8(7-12)4-9(11)6-10/h4-6,13-14H,2-3H2,1H3. The number of halogens is 1. The quantitative estimate of drug-likeness (QED) is 0.709. The summed E-state index contributed by atoms with van der Waals surface area (Å²) in [6, 6.07) is 6.11. The van der Waals surface area contributed by atoms with Crippen LogP contribution in [0.3, 0.4) is 0 Å². The number of anilines is 1. The largest absolute Gasteiger partial charge is 0.384 e. The van der Waals surface area contributed by atoms with Gasteiger partial charge in [0.2, 0.25) is 0 Å². The summed E-state index contributed by atoms with van der Waals surface area (Å²) in [4.78, 5) is 0. The van der Waals surface area contributed by atoms with Crippen LogP contribution in [0.1, 0.15) is 5.56 Å². The van der Waals surface area contributed by atoms with E-state index in [1.807, 2.05) is 13.1 Å². The van der Waals surface area contributed by atoms with Crippen molar-refractivity contribution in [3.05, 3.63) is 29.6 Å². The fourth-order valence-corrected chi connectivity index (χ4v) is 1.09. The molecule has 0 saturated heterocycles. The Bertz CT molecular complexity index is 344. The van der Waals surface area contributed by atoms with Crippen molar-refractivity contribution < 1.29 is 4.39 Å². The summed E-state index contributed by atoms with van der Waals surface area (Å²) in [6.45, 7) is 1.49. The van der Waals surface area contributed by atoms with Gasteiger partial charge in [-0.05, 0) is 25.2 Å². The Morgan fingerprint density at radius 1 is 1.36 bits per heavy atom. The van der Waals surface area contributed by atoms with Gasteiger partial charge in [0.15, 0.2) is 0 Å². The number of nitrogens with one attached hydrogen (secondary N) is 2. The molecule has 1 aromatic carbocycles. The summed E-state index contributed by atoms with van der Waals surface area (Å²) in [5.41, 5.74) is 0.966. The number of benzene rings is 1. The lowest BCUT2D eigenvalue weighted by atomic mass is 10.2. The van der Waals surface area contributed by atoms with Crippen LogP contribution in [0.25, 0.3) is 0 Å². The van der Waals surface area contributed by atoms with Crippen LogP contribution >= 0.6 is 0 Å². The van der Waals surface area contributed by atoms with Crippen LogP contribution in [0, 0.1) is 17.1 Å². The lowest BCUT2D eigenvalue weighted by Gasteiger charge is -2.05. The smallest absolute Gasteiger partial charge is 0.126 e. The normalized spacial score (nSPS) is 9.50. The maximum atomic E-state index is 12.9. The number of hydrogen-bond acceptors (Lipinski definition) is 3. The highest BCUT2D eigenvalue weighted by atomic mass is 19.1. The lowest BCUT2D eigenvalue weighted by Crippen LogP contribution is -2.17. The van der Waals surface area contributed by atoms with Gasteiger partial charge >= 0.3 is 0 Å². The SMILES string of the molecule is CNCCNc1cc(F)cc(C#N)c1. The van der Waals surface area contributed by atoms with E-state index in [1.165, 1.54) is 12.1 Å². The first kappa shape index (κ1) is 10.5. The minimum atomic E-state index is -0.393. The zero-order chi connectivity index (χ0) is 10.4. The van der Waals surface area contributed by atoms with Gasteiger partial charge in [0, 0.05) is 18.8 Å². The molecule has 1 aromatic rings. The van der Waals surface area contributed by atoms with E-state index in [4.69, 9.17) is 5.26 Å². The third kappa shape index (κ3) is 3.04. The molecule has 1 rings (SSSR count). The van der Waals surface area contributed by atoms with Crippen LogP contribution in [-0.4, -0.2) is 20.1 Å². The number of nitrogens with zero attached hydrogens (tertiary/aromatic N) is 1. The highest BCUT2D eigenvalue weighted by Crippen LogP contribution is 2.12. The fourth-order valence-electron chi connectivity index (χ4n) is 1.09. The molecule has 0 fully saturated rings. The second kappa shape index (κ2) is 5.20. The van der Waals surface area contributed by atoms with Crippen molar-refractivity contribution in [2.24, 2.45) is 0 Å². The van der Waals surface area contributed by atoms with Crippen LogP contribution in [0.5, 0.6) is 0 Å². The maximum absolute atomic E-state index is 12.9. The van der Waals surface area contributed by atoms with Crippen molar-refractivity contribution >= 4 is 5.69 Å². The second-order valence-corrected chi connectivity index (χ2v) is 2.87. The van der Waals surface area contributed by atoms with Crippen molar-refractivity contribution in [2.75, 3.05) is 25.5 Å². The van der Waals surface area contributed by atoms with Gasteiger partial charge in [-0.1, -0.05) is 0 Å². The molecule has 0 atom stereocenters. The highest BCUT2D eigenvalue weighted by molar-refractivity contribution is 5.49. The van der Waals surface area contributed by atoms with Crippen molar-refractivity contribution in [1.82, 2.24) is 5.32 Å². The van der Waals surface area contributed by atoms with Crippen LogP contribution in [-0.2, 0) is 0 Å². The predicted molar refractivity (Wildman–Crippen MR) is 53.5 cm³/mol. The lowest BCUT2D eigenvalue weighted by molar-refractivity contribution is 0.627. The van der Waals surface area contributed by atoms with Crippen LogP contribution in [0.4, 0.5) is 10.1 Å². The van der Waals surface area contributed by atoms with Crippen LogP contribution in [0.15, 0.2) is 18.2 Å². The Morgan fingerprint density at radius 3 is 2.79 bits per heavy atom. The topological polar surface area (TPSA) is 47.8 Å². The van der Waals surface area contributed by atoms with Gasteiger partial charge in [0.1, 0.15) is 5.82 Å². The molecule has 0 aliphatic heterocycles. The predicted octanol–water partition coefficient (Wildman–Crippen LogP) is 1.33. The zero-order valence-corrected chi connectivity index (χ0v) is 7.97. The Kier molecular flexibility index (Phi) is 3.89. The number of nitriles is 1. The van der Waals surface area contributed by atoms with Crippen LogP contribution < -0.4 is 10.6 Å². The zero-order valence-electron chi connectivity index (χ0n) is 7.97. The van der Waals surface area contributed by atoms with E-state index in [-0.39, 0.29) is 0 Å². The molecule has 2 N–H and O–H groups in total. The van der Waals surface area contributed by atoms with Crippen molar-refractivity contribution in [3.8, 4) is 6.07 Å². The summed E-state index contributed by atoms with van der Waals surface area (Å²) < 4.78 is 12.9.